The largest absolute Gasteiger partial charge is 0.490 e. The molecule has 0 radical (unpaired) electrons. The number of rotatable bonds is 9. The Bertz CT molecular complexity index is 2010. The van der Waals surface area contributed by atoms with Crippen LogP contribution in [0.2, 0.25) is 5.02 Å². The van der Waals surface area contributed by atoms with Crippen LogP contribution in [0.5, 0.6) is 5.75 Å². The summed E-state index contributed by atoms with van der Waals surface area (Å²) in [6, 6.07) is 19.3. The van der Waals surface area contributed by atoms with Crippen molar-refractivity contribution < 1.29 is 49.8 Å². The van der Waals surface area contributed by atoms with Gasteiger partial charge in [0.1, 0.15) is 5.75 Å². The molecular formula is C36H35ClF5N3O6S. The summed E-state index contributed by atoms with van der Waals surface area (Å²) in [7, 11) is -4.57. The van der Waals surface area contributed by atoms with Crippen molar-refractivity contribution in [2.75, 3.05) is 13.1 Å². The number of likely N-dealkylation sites (tertiary alicyclic amines) is 1. The molecule has 4 aromatic rings. The molecule has 4 aromatic carbocycles. The highest BCUT2D eigenvalue weighted by Gasteiger charge is 2.50. The number of nitrogens with two attached hydrogens (primary N) is 1. The van der Waals surface area contributed by atoms with E-state index in [1.54, 1.807) is 42.5 Å². The zero-order valence-corrected chi connectivity index (χ0v) is 29.0. The highest BCUT2D eigenvalue weighted by Crippen LogP contribution is 2.36. The van der Waals surface area contributed by atoms with E-state index in [1.165, 1.54) is 41.3 Å². The fraction of sp³-hybridized carbons (Fsp3) is 0.333. The van der Waals surface area contributed by atoms with Gasteiger partial charge in [0.25, 0.3) is 5.92 Å². The van der Waals surface area contributed by atoms with Gasteiger partial charge in [0, 0.05) is 29.7 Å². The molecule has 0 bridgehead atoms. The van der Waals surface area contributed by atoms with Gasteiger partial charge in [-0.1, -0.05) is 60.1 Å². The summed E-state index contributed by atoms with van der Waals surface area (Å²) in [6.45, 7) is 0.217. The molecule has 6 rings (SSSR count). The number of carboxylic acid groups (broad SMARTS) is 1. The van der Waals surface area contributed by atoms with E-state index in [4.69, 9.17) is 32.0 Å². The van der Waals surface area contributed by atoms with E-state index >= 15 is 8.78 Å². The average Bonchev–Trinajstić information content (AvgIpc) is 3.78. The number of carboxylic acids is 1. The van der Waals surface area contributed by atoms with Crippen LogP contribution >= 0.6 is 11.6 Å². The van der Waals surface area contributed by atoms with E-state index < -0.39 is 45.6 Å². The third-order valence-corrected chi connectivity index (χ3v) is 10.5. The SMILES string of the molecule is N[C@@H]1CCN(C(=O)C(NS(=O)(=O)c2ccc3cc(OC4CCCC4)ccc3c2)C(F)(F)c2ccc(-c3ccc(Cl)cc3)cc2)C1.O=C(O)C(F)(F)F. The van der Waals surface area contributed by atoms with Crippen molar-refractivity contribution in [3.8, 4) is 16.9 Å². The van der Waals surface area contributed by atoms with Gasteiger partial charge < -0.3 is 20.5 Å². The minimum Gasteiger partial charge on any atom is -0.490 e. The van der Waals surface area contributed by atoms with Gasteiger partial charge in [0.2, 0.25) is 15.9 Å². The fourth-order valence-corrected chi connectivity index (χ4v) is 7.36. The molecule has 1 saturated heterocycles. The molecule has 1 heterocycles. The van der Waals surface area contributed by atoms with Crippen LogP contribution in [0.1, 0.15) is 37.7 Å². The van der Waals surface area contributed by atoms with Crippen LogP contribution in [0.25, 0.3) is 21.9 Å². The van der Waals surface area contributed by atoms with Crippen LogP contribution in [0, 0.1) is 0 Å². The van der Waals surface area contributed by atoms with Gasteiger partial charge >= 0.3 is 12.1 Å². The van der Waals surface area contributed by atoms with Gasteiger partial charge in [-0.15, -0.1) is 0 Å². The number of carbonyl (C=O) groups excluding carboxylic acids is 1. The van der Waals surface area contributed by atoms with Crippen molar-refractivity contribution in [1.82, 2.24) is 9.62 Å². The van der Waals surface area contributed by atoms with Gasteiger partial charge in [-0.2, -0.15) is 26.7 Å². The van der Waals surface area contributed by atoms with Crippen molar-refractivity contribution in [1.29, 1.82) is 0 Å². The van der Waals surface area contributed by atoms with Crippen molar-refractivity contribution in [3.63, 3.8) is 0 Å². The maximum absolute atomic E-state index is 16.3. The summed E-state index contributed by atoms with van der Waals surface area (Å²) in [6.07, 6.45) is -0.212. The number of nitrogens with one attached hydrogen (secondary N) is 1. The van der Waals surface area contributed by atoms with E-state index in [2.05, 4.69) is 4.72 Å². The molecule has 0 aromatic heterocycles. The zero-order valence-electron chi connectivity index (χ0n) is 27.5. The molecule has 278 valence electrons. The van der Waals surface area contributed by atoms with Crippen LogP contribution in [0.3, 0.4) is 0 Å². The monoisotopic (exact) mass is 767 g/mol. The number of benzene rings is 4. The van der Waals surface area contributed by atoms with Crippen LogP contribution in [-0.2, 0) is 25.5 Å². The maximum atomic E-state index is 16.3. The summed E-state index contributed by atoms with van der Waals surface area (Å²) in [4.78, 5) is 23.4. The van der Waals surface area contributed by atoms with Crippen LogP contribution in [0.15, 0.2) is 89.8 Å². The number of halogens is 6. The first-order valence-electron chi connectivity index (χ1n) is 16.3. The molecule has 9 nitrogen and oxygen atoms in total. The number of carbonyl (C=O) groups is 2. The standard InChI is InChI=1S/C34H34ClF2N3O4S.C2HF3O2/c35-27-13-7-23(8-14-27)22-5-11-26(12-6-22)34(36,37)32(33(41)40-18-17-28(38)21-40)39-45(42,43)31-16-10-24-19-30(15-9-25(24)20-31)44-29-3-1-2-4-29;3-2(4,5)1(6)7/h5-16,19-20,28-29,32,39H,1-4,17-18,21,38H2;(H,6,7)/t28-,32?;/m1./s1. The number of nitrogens with zero attached hydrogens (tertiary/aromatic N) is 1. The lowest BCUT2D eigenvalue weighted by Crippen LogP contribution is -2.56. The van der Waals surface area contributed by atoms with Crippen molar-refractivity contribution in [2.45, 2.75) is 67.3 Å². The second-order valence-electron chi connectivity index (χ2n) is 12.6. The van der Waals surface area contributed by atoms with Gasteiger partial charge in [0.15, 0.2) is 6.04 Å². The topological polar surface area (TPSA) is 139 Å². The molecule has 2 fully saturated rings. The lowest BCUT2D eigenvalue weighted by atomic mass is 9.97. The molecule has 2 atom stereocenters. The van der Waals surface area contributed by atoms with Crippen molar-refractivity contribution >= 4 is 44.3 Å². The van der Waals surface area contributed by atoms with Gasteiger partial charge in [-0.3, -0.25) is 4.79 Å². The van der Waals surface area contributed by atoms with E-state index in [0.29, 0.717) is 28.1 Å². The Balaban J connectivity index is 0.000000679. The Hall–Kier alpha value is -4.31. The first-order chi connectivity index (χ1) is 24.4. The van der Waals surface area contributed by atoms with E-state index in [1.807, 2.05) is 6.07 Å². The summed E-state index contributed by atoms with van der Waals surface area (Å²) >= 11 is 5.97. The summed E-state index contributed by atoms with van der Waals surface area (Å²) in [5.74, 6) is -6.99. The van der Waals surface area contributed by atoms with Crippen LogP contribution in [-0.4, -0.2) is 67.8 Å². The number of sulfonamides is 1. The number of ether oxygens (including phenoxy) is 1. The van der Waals surface area contributed by atoms with E-state index in [9.17, 15) is 26.4 Å². The maximum Gasteiger partial charge on any atom is 0.490 e. The molecule has 1 aliphatic carbocycles. The zero-order chi connectivity index (χ0) is 37.8. The summed E-state index contributed by atoms with van der Waals surface area (Å²) < 4.78 is 99.7. The number of aliphatic carboxylic acids is 1. The summed E-state index contributed by atoms with van der Waals surface area (Å²) in [5, 5.41) is 9.01. The summed E-state index contributed by atoms with van der Waals surface area (Å²) in [5.41, 5.74) is 6.88. The number of alkyl halides is 5. The van der Waals surface area contributed by atoms with Gasteiger partial charge in [0.05, 0.1) is 11.0 Å². The number of hydrogen-bond acceptors (Lipinski definition) is 6. The van der Waals surface area contributed by atoms with Gasteiger partial charge in [-0.25, -0.2) is 13.2 Å². The molecule has 16 heteroatoms. The minimum atomic E-state index is -5.08. The third kappa shape index (κ3) is 9.37. The van der Waals surface area contributed by atoms with Crippen molar-refractivity contribution in [3.05, 3.63) is 95.5 Å². The highest BCUT2D eigenvalue weighted by atomic mass is 35.5. The third-order valence-electron chi connectivity index (χ3n) is 8.81. The van der Waals surface area contributed by atoms with E-state index in [0.717, 1.165) is 36.6 Å². The number of hydrogen-bond donors (Lipinski definition) is 3. The average molecular weight is 768 g/mol. The second kappa shape index (κ2) is 15.7. The number of fused-ring (bicyclic) bond motifs is 1. The van der Waals surface area contributed by atoms with E-state index in [-0.39, 0.29) is 30.1 Å². The molecule has 1 amide bonds. The Labute approximate surface area is 301 Å². The smallest absolute Gasteiger partial charge is 0.490 e. The molecule has 2 aliphatic rings. The van der Waals surface area contributed by atoms with Crippen molar-refractivity contribution in [2.24, 2.45) is 5.73 Å². The molecule has 0 spiro atoms. The Morgan fingerprint density at radius 3 is 1.98 bits per heavy atom. The minimum absolute atomic E-state index is 0.0594. The Kier molecular flexibility index (Phi) is 11.8. The molecule has 1 saturated carbocycles. The Morgan fingerprint density at radius 1 is 0.865 bits per heavy atom. The number of amides is 1. The van der Waals surface area contributed by atoms with Crippen LogP contribution in [0.4, 0.5) is 22.0 Å². The second-order valence-corrected chi connectivity index (χ2v) is 14.7. The fourth-order valence-electron chi connectivity index (χ4n) is 6.01. The predicted octanol–water partition coefficient (Wildman–Crippen LogP) is 7.11. The molecule has 1 unspecified atom stereocenters. The molecule has 52 heavy (non-hydrogen) atoms. The quantitative estimate of drug-likeness (QED) is 0.154. The highest BCUT2D eigenvalue weighted by molar-refractivity contribution is 7.89. The Morgan fingerprint density at radius 2 is 1.42 bits per heavy atom. The normalized spacial score (nSPS) is 17.4. The first kappa shape index (κ1) is 38.9. The molecule has 4 N–H and O–H groups in total. The van der Waals surface area contributed by atoms with Gasteiger partial charge in [-0.05, 0) is 90.4 Å². The predicted molar refractivity (Wildman–Crippen MR) is 185 cm³/mol. The first-order valence-corrected chi connectivity index (χ1v) is 18.1. The molecular weight excluding hydrogens is 733 g/mol. The lowest BCUT2D eigenvalue weighted by Gasteiger charge is -2.30. The molecule has 1 aliphatic heterocycles. The van der Waals surface area contributed by atoms with Crippen LogP contribution < -0.4 is 15.2 Å². The lowest BCUT2D eigenvalue weighted by molar-refractivity contribution is -0.192.